The lowest BCUT2D eigenvalue weighted by molar-refractivity contribution is -0.145. The maximum Gasteiger partial charge on any atom is 0.313 e. The van der Waals surface area contributed by atoms with E-state index in [1.54, 1.807) is 31.2 Å². The second kappa shape index (κ2) is 7.43. The Balaban J connectivity index is 2.58. The number of ketones is 1. The maximum atomic E-state index is 11.9. The lowest BCUT2D eigenvalue weighted by Gasteiger charge is -2.04. The highest BCUT2D eigenvalue weighted by Crippen LogP contribution is 2.19. The predicted molar refractivity (Wildman–Crippen MR) is 71.7 cm³/mol. The van der Waals surface area contributed by atoms with Crippen molar-refractivity contribution >= 4 is 38.5 Å². The van der Waals surface area contributed by atoms with Crippen molar-refractivity contribution in [2.45, 2.75) is 18.2 Å². The number of esters is 1. The van der Waals surface area contributed by atoms with Crippen molar-refractivity contribution in [3.8, 4) is 0 Å². The first kappa shape index (κ1) is 15.0. The van der Waals surface area contributed by atoms with Crippen LogP contribution in [0.4, 0.5) is 0 Å². The van der Waals surface area contributed by atoms with Gasteiger partial charge in [0.1, 0.15) is 6.42 Å². The van der Waals surface area contributed by atoms with Crippen molar-refractivity contribution in [2.24, 2.45) is 0 Å². The number of hydrogen-bond acceptors (Lipinski definition) is 4. The SMILES string of the molecule is CCOC(=O)CC(=O)CS(=O)c1ccccc1Br. The first-order chi connectivity index (χ1) is 8.54. The van der Waals surface area contributed by atoms with Gasteiger partial charge in [-0.3, -0.25) is 13.8 Å². The topological polar surface area (TPSA) is 60.4 Å². The van der Waals surface area contributed by atoms with E-state index in [4.69, 9.17) is 0 Å². The summed E-state index contributed by atoms with van der Waals surface area (Å²) in [7, 11) is -1.45. The van der Waals surface area contributed by atoms with E-state index >= 15 is 0 Å². The summed E-state index contributed by atoms with van der Waals surface area (Å²) in [6, 6.07) is 6.97. The number of benzene rings is 1. The largest absolute Gasteiger partial charge is 0.466 e. The van der Waals surface area contributed by atoms with E-state index in [9.17, 15) is 13.8 Å². The van der Waals surface area contributed by atoms with Crippen LogP contribution in [0.25, 0.3) is 0 Å². The molecule has 4 nitrogen and oxygen atoms in total. The number of halogens is 1. The van der Waals surface area contributed by atoms with Crippen LogP contribution in [0.3, 0.4) is 0 Å². The molecule has 6 heteroatoms. The van der Waals surface area contributed by atoms with Crippen LogP contribution in [-0.2, 0) is 25.1 Å². The molecular weight excluding hydrogens is 320 g/mol. The molecule has 1 unspecified atom stereocenters. The van der Waals surface area contributed by atoms with Gasteiger partial charge in [-0.15, -0.1) is 0 Å². The van der Waals surface area contributed by atoms with Crippen LogP contribution in [0, 0.1) is 0 Å². The van der Waals surface area contributed by atoms with Gasteiger partial charge in [0, 0.05) is 4.47 Å². The summed E-state index contributed by atoms with van der Waals surface area (Å²) in [5.41, 5.74) is 0. The first-order valence-electron chi connectivity index (χ1n) is 5.34. The Hall–Kier alpha value is -1.01. The number of rotatable bonds is 6. The van der Waals surface area contributed by atoms with Gasteiger partial charge in [0.2, 0.25) is 0 Å². The first-order valence-corrected chi connectivity index (χ1v) is 7.46. The van der Waals surface area contributed by atoms with Crippen LogP contribution >= 0.6 is 15.9 Å². The van der Waals surface area contributed by atoms with Gasteiger partial charge in [0.15, 0.2) is 5.78 Å². The molecule has 1 atom stereocenters. The number of carbonyl (C=O) groups excluding carboxylic acids is 2. The zero-order valence-corrected chi connectivity index (χ0v) is 12.3. The molecule has 1 aromatic carbocycles. The van der Waals surface area contributed by atoms with Gasteiger partial charge in [-0.25, -0.2) is 0 Å². The molecule has 0 bridgehead atoms. The number of Topliss-reactive ketones (excluding diaryl/α,β-unsaturated/α-hetero) is 1. The average molecular weight is 333 g/mol. The predicted octanol–water partition coefficient (Wildman–Crippen LogP) is 2.08. The van der Waals surface area contributed by atoms with Crippen LogP contribution in [0.1, 0.15) is 13.3 Å². The molecule has 0 aliphatic carbocycles. The summed E-state index contributed by atoms with van der Waals surface area (Å²) < 4.78 is 17.3. The Morgan fingerprint density at radius 1 is 1.33 bits per heavy atom. The highest BCUT2D eigenvalue weighted by atomic mass is 79.9. The summed E-state index contributed by atoms with van der Waals surface area (Å²) in [6.07, 6.45) is -0.329. The standard InChI is InChI=1S/C12H13BrO4S/c1-2-17-12(15)7-9(14)8-18(16)11-6-4-3-5-10(11)13/h3-6H,2,7-8H2,1H3. The molecule has 0 aliphatic rings. The molecular formula is C12H13BrO4S. The zero-order chi connectivity index (χ0) is 13.5. The normalized spacial score (nSPS) is 11.9. The Morgan fingerprint density at radius 2 is 2.00 bits per heavy atom. The summed E-state index contributed by atoms with van der Waals surface area (Å²) in [5.74, 6) is -1.14. The second-order valence-corrected chi connectivity index (χ2v) is 5.71. The maximum absolute atomic E-state index is 11.9. The number of hydrogen-bond donors (Lipinski definition) is 0. The quantitative estimate of drug-likeness (QED) is 0.591. The average Bonchev–Trinajstić information content (AvgIpc) is 2.29. The minimum Gasteiger partial charge on any atom is -0.466 e. The molecule has 0 N–H and O–H groups in total. The van der Waals surface area contributed by atoms with Crippen LogP contribution in [0.5, 0.6) is 0 Å². The van der Waals surface area contributed by atoms with Crippen molar-refractivity contribution in [3.63, 3.8) is 0 Å². The van der Waals surface area contributed by atoms with Gasteiger partial charge >= 0.3 is 5.97 Å². The van der Waals surface area contributed by atoms with Crippen LogP contribution in [0.15, 0.2) is 33.6 Å². The lowest BCUT2D eigenvalue weighted by atomic mass is 10.3. The van der Waals surface area contributed by atoms with E-state index in [1.165, 1.54) is 0 Å². The second-order valence-electron chi connectivity index (χ2n) is 3.44. The highest BCUT2D eigenvalue weighted by molar-refractivity contribution is 9.10. The fourth-order valence-corrected chi connectivity index (χ4v) is 3.17. The number of ether oxygens (including phenoxy) is 1. The summed E-state index contributed by atoms with van der Waals surface area (Å²) in [4.78, 5) is 23.2. The third-order valence-electron chi connectivity index (χ3n) is 2.02. The Morgan fingerprint density at radius 3 is 2.61 bits per heavy atom. The monoisotopic (exact) mass is 332 g/mol. The molecule has 0 heterocycles. The van der Waals surface area contributed by atoms with Crippen LogP contribution in [0.2, 0.25) is 0 Å². The molecule has 0 spiro atoms. The minimum absolute atomic E-state index is 0.179. The van der Waals surface area contributed by atoms with Crippen molar-refractivity contribution in [1.29, 1.82) is 0 Å². The van der Waals surface area contributed by atoms with Crippen molar-refractivity contribution < 1.29 is 18.5 Å². The molecule has 0 aliphatic heterocycles. The van der Waals surface area contributed by atoms with Crippen molar-refractivity contribution in [1.82, 2.24) is 0 Å². The van der Waals surface area contributed by atoms with Gasteiger partial charge in [-0.2, -0.15) is 0 Å². The molecule has 0 saturated carbocycles. The molecule has 0 saturated heterocycles. The van der Waals surface area contributed by atoms with E-state index in [-0.39, 0.29) is 24.6 Å². The van der Waals surface area contributed by atoms with E-state index in [0.717, 1.165) is 0 Å². The van der Waals surface area contributed by atoms with Crippen LogP contribution in [-0.4, -0.2) is 28.3 Å². The van der Waals surface area contributed by atoms with Gasteiger partial charge in [0.05, 0.1) is 28.1 Å². The zero-order valence-electron chi connectivity index (χ0n) is 9.85. The summed E-state index contributed by atoms with van der Waals surface area (Å²) in [5, 5.41) is 0. The molecule has 0 amide bonds. The van der Waals surface area contributed by atoms with Crippen molar-refractivity contribution in [3.05, 3.63) is 28.7 Å². The van der Waals surface area contributed by atoms with E-state index in [2.05, 4.69) is 20.7 Å². The van der Waals surface area contributed by atoms with Crippen molar-refractivity contribution in [2.75, 3.05) is 12.4 Å². The summed E-state index contributed by atoms with van der Waals surface area (Å²) >= 11 is 3.27. The fourth-order valence-electron chi connectivity index (χ4n) is 1.28. The molecule has 1 rings (SSSR count). The van der Waals surface area contributed by atoms with E-state index in [1.807, 2.05) is 0 Å². The van der Waals surface area contributed by atoms with Gasteiger partial charge in [-0.05, 0) is 35.0 Å². The van der Waals surface area contributed by atoms with E-state index in [0.29, 0.717) is 9.37 Å². The Bertz CT molecular complexity index is 473. The third-order valence-corrected chi connectivity index (χ3v) is 4.41. The molecule has 18 heavy (non-hydrogen) atoms. The van der Waals surface area contributed by atoms with Gasteiger partial charge in [0.25, 0.3) is 0 Å². The molecule has 0 radical (unpaired) electrons. The Labute approximate surface area is 116 Å². The lowest BCUT2D eigenvalue weighted by Crippen LogP contribution is -2.17. The number of carbonyl (C=O) groups is 2. The fraction of sp³-hybridized carbons (Fsp3) is 0.333. The van der Waals surface area contributed by atoms with Gasteiger partial charge in [-0.1, -0.05) is 12.1 Å². The Kier molecular flexibility index (Phi) is 6.21. The van der Waals surface area contributed by atoms with E-state index < -0.39 is 16.8 Å². The summed E-state index contributed by atoms with van der Waals surface area (Å²) in [6.45, 7) is 1.90. The third kappa shape index (κ3) is 4.70. The van der Waals surface area contributed by atoms with Crippen LogP contribution < -0.4 is 0 Å². The van der Waals surface area contributed by atoms with Gasteiger partial charge < -0.3 is 4.74 Å². The minimum atomic E-state index is -1.45. The molecule has 0 aromatic heterocycles. The molecule has 1 aromatic rings. The molecule has 0 fully saturated rings. The molecule has 98 valence electrons. The smallest absolute Gasteiger partial charge is 0.313 e. The highest BCUT2D eigenvalue weighted by Gasteiger charge is 2.16.